The Morgan fingerprint density at radius 2 is 1.96 bits per heavy atom. The third-order valence-corrected chi connectivity index (χ3v) is 4.25. The lowest BCUT2D eigenvalue weighted by Crippen LogP contribution is -2.50. The van der Waals surface area contributed by atoms with Crippen LogP contribution in [0.4, 0.5) is 0 Å². The lowest BCUT2D eigenvalue weighted by Gasteiger charge is -2.34. The van der Waals surface area contributed by atoms with E-state index in [1.807, 2.05) is 37.3 Å². The molecule has 0 radical (unpaired) electrons. The predicted molar refractivity (Wildman–Crippen MR) is 85.5 cm³/mol. The van der Waals surface area contributed by atoms with Gasteiger partial charge in [-0.15, -0.1) is 0 Å². The summed E-state index contributed by atoms with van der Waals surface area (Å²) in [4.78, 5) is 24.4. The van der Waals surface area contributed by atoms with Crippen LogP contribution in [0.25, 0.3) is 0 Å². The first kappa shape index (κ1) is 17.4. The molecular formula is C17H24N2O4. The fourth-order valence-corrected chi connectivity index (χ4v) is 2.74. The van der Waals surface area contributed by atoms with Crippen molar-refractivity contribution < 1.29 is 19.1 Å². The van der Waals surface area contributed by atoms with E-state index in [9.17, 15) is 9.59 Å². The van der Waals surface area contributed by atoms with Crippen molar-refractivity contribution in [1.29, 1.82) is 0 Å². The Labute approximate surface area is 136 Å². The number of carbonyl (C=O) groups is 2. The molecule has 1 fully saturated rings. The maximum absolute atomic E-state index is 12.5. The Kier molecular flexibility index (Phi) is 6.12. The molecule has 1 saturated heterocycles. The molecule has 1 unspecified atom stereocenters. The van der Waals surface area contributed by atoms with Gasteiger partial charge in [0.2, 0.25) is 5.91 Å². The summed E-state index contributed by atoms with van der Waals surface area (Å²) in [5, 5.41) is 2.84. The summed E-state index contributed by atoms with van der Waals surface area (Å²) in [6, 6.07) is 9.29. The maximum Gasteiger partial charge on any atom is 0.253 e. The fraction of sp³-hybridized carbons (Fsp3) is 0.529. The molecule has 126 valence electrons. The van der Waals surface area contributed by atoms with E-state index in [2.05, 4.69) is 5.32 Å². The second-order valence-electron chi connectivity index (χ2n) is 5.72. The number of hydrogen-bond donors (Lipinski definition) is 2. The maximum atomic E-state index is 12.5. The molecule has 3 N–H and O–H groups in total. The van der Waals surface area contributed by atoms with Crippen LogP contribution >= 0.6 is 0 Å². The monoisotopic (exact) mass is 320 g/mol. The van der Waals surface area contributed by atoms with Crippen LogP contribution in [-0.4, -0.2) is 38.2 Å². The molecule has 0 saturated carbocycles. The average molecular weight is 320 g/mol. The van der Waals surface area contributed by atoms with Gasteiger partial charge in [0.15, 0.2) is 6.10 Å². The Hall–Kier alpha value is -1.92. The molecule has 0 spiro atoms. The van der Waals surface area contributed by atoms with E-state index in [1.54, 1.807) is 0 Å². The van der Waals surface area contributed by atoms with E-state index in [0.29, 0.717) is 32.7 Å². The van der Waals surface area contributed by atoms with Crippen molar-refractivity contribution in [2.75, 3.05) is 26.4 Å². The first-order valence-corrected chi connectivity index (χ1v) is 7.91. The highest BCUT2D eigenvalue weighted by atomic mass is 16.5. The number of hydrogen-bond acceptors (Lipinski definition) is 4. The van der Waals surface area contributed by atoms with Crippen LogP contribution in [0.5, 0.6) is 0 Å². The third kappa shape index (κ3) is 4.30. The molecule has 1 heterocycles. The van der Waals surface area contributed by atoms with E-state index in [4.69, 9.17) is 15.2 Å². The SMILES string of the molecule is CCOC(C(=O)NCC1(C(N)=O)CCOCC1)c1ccccc1. The molecule has 6 heteroatoms. The summed E-state index contributed by atoms with van der Waals surface area (Å²) in [5.41, 5.74) is 5.61. The molecule has 23 heavy (non-hydrogen) atoms. The van der Waals surface area contributed by atoms with Gasteiger partial charge < -0.3 is 20.5 Å². The number of nitrogens with one attached hydrogen (secondary N) is 1. The standard InChI is InChI=1S/C17H24N2O4/c1-2-23-14(13-6-4-3-5-7-13)15(20)19-12-17(16(18)21)8-10-22-11-9-17/h3-7,14H,2,8-12H2,1H3,(H2,18,21)(H,19,20). The lowest BCUT2D eigenvalue weighted by molar-refractivity contribution is -0.137. The van der Waals surface area contributed by atoms with E-state index >= 15 is 0 Å². The lowest BCUT2D eigenvalue weighted by atomic mass is 9.79. The summed E-state index contributed by atoms with van der Waals surface area (Å²) in [6.07, 6.45) is 0.353. The zero-order valence-electron chi connectivity index (χ0n) is 13.4. The van der Waals surface area contributed by atoms with Gasteiger partial charge in [-0.1, -0.05) is 30.3 Å². The molecule has 0 aliphatic carbocycles. The van der Waals surface area contributed by atoms with Gasteiger partial charge in [0.05, 0.1) is 5.41 Å². The van der Waals surface area contributed by atoms with Crippen LogP contribution in [0.1, 0.15) is 31.4 Å². The van der Waals surface area contributed by atoms with Crippen molar-refractivity contribution in [2.45, 2.75) is 25.9 Å². The van der Waals surface area contributed by atoms with Gasteiger partial charge in [-0.25, -0.2) is 0 Å². The number of primary amides is 1. The van der Waals surface area contributed by atoms with Gasteiger partial charge in [0.25, 0.3) is 5.91 Å². The number of rotatable bonds is 7. The molecule has 1 aromatic carbocycles. The summed E-state index contributed by atoms with van der Waals surface area (Å²) in [7, 11) is 0. The van der Waals surface area contributed by atoms with Crippen LogP contribution < -0.4 is 11.1 Å². The minimum absolute atomic E-state index is 0.209. The molecule has 1 atom stereocenters. The van der Waals surface area contributed by atoms with Crippen LogP contribution in [0.15, 0.2) is 30.3 Å². The molecule has 1 aliphatic heterocycles. The molecule has 2 amide bonds. The number of nitrogens with two attached hydrogens (primary N) is 1. The number of amides is 2. The van der Waals surface area contributed by atoms with Crippen LogP contribution in [0.3, 0.4) is 0 Å². The Morgan fingerprint density at radius 1 is 1.30 bits per heavy atom. The average Bonchev–Trinajstić information content (AvgIpc) is 2.59. The highest BCUT2D eigenvalue weighted by Crippen LogP contribution is 2.29. The molecular weight excluding hydrogens is 296 g/mol. The summed E-state index contributed by atoms with van der Waals surface area (Å²) in [6.45, 7) is 3.42. The van der Waals surface area contributed by atoms with Gasteiger partial charge in [-0.2, -0.15) is 0 Å². The smallest absolute Gasteiger partial charge is 0.253 e. The predicted octanol–water partition coefficient (Wildman–Crippen LogP) is 1.16. The molecule has 1 aromatic rings. The molecule has 2 rings (SSSR count). The van der Waals surface area contributed by atoms with Crippen LogP contribution in [-0.2, 0) is 19.1 Å². The summed E-state index contributed by atoms with van der Waals surface area (Å²) in [5.74, 6) is -0.654. The van der Waals surface area contributed by atoms with Gasteiger partial charge >= 0.3 is 0 Å². The topological polar surface area (TPSA) is 90.6 Å². The normalized spacial score (nSPS) is 18.1. The van der Waals surface area contributed by atoms with Crippen LogP contribution in [0.2, 0.25) is 0 Å². The largest absolute Gasteiger partial charge is 0.381 e. The number of benzene rings is 1. The Bertz CT molecular complexity index is 527. The highest BCUT2D eigenvalue weighted by molar-refractivity contribution is 5.85. The minimum atomic E-state index is -0.735. The van der Waals surface area contributed by atoms with E-state index in [0.717, 1.165) is 5.56 Å². The minimum Gasteiger partial charge on any atom is -0.381 e. The van der Waals surface area contributed by atoms with Gasteiger partial charge in [-0.05, 0) is 25.3 Å². The second kappa shape index (κ2) is 8.08. The first-order valence-electron chi connectivity index (χ1n) is 7.91. The van der Waals surface area contributed by atoms with E-state index < -0.39 is 17.4 Å². The number of carbonyl (C=O) groups excluding carboxylic acids is 2. The third-order valence-electron chi connectivity index (χ3n) is 4.25. The van der Waals surface area contributed by atoms with Crippen molar-refractivity contribution in [1.82, 2.24) is 5.32 Å². The van der Waals surface area contributed by atoms with Crippen molar-refractivity contribution in [3.8, 4) is 0 Å². The van der Waals surface area contributed by atoms with Crippen molar-refractivity contribution >= 4 is 11.8 Å². The van der Waals surface area contributed by atoms with Crippen molar-refractivity contribution in [3.05, 3.63) is 35.9 Å². The second-order valence-corrected chi connectivity index (χ2v) is 5.72. The summed E-state index contributed by atoms with van der Waals surface area (Å²) < 4.78 is 10.9. The quantitative estimate of drug-likeness (QED) is 0.789. The Balaban J connectivity index is 2.05. The fourth-order valence-electron chi connectivity index (χ4n) is 2.74. The van der Waals surface area contributed by atoms with Crippen LogP contribution in [0, 0.1) is 5.41 Å². The van der Waals surface area contributed by atoms with Gasteiger partial charge in [0.1, 0.15) is 0 Å². The highest BCUT2D eigenvalue weighted by Gasteiger charge is 2.39. The van der Waals surface area contributed by atoms with E-state index in [-0.39, 0.29) is 12.5 Å². The zero-order chi connectivity index (χ0) is 16.7. The van der Waals surface area contributed by atoms with E-state index in [1.165, 1.54) is 0 Å². The zero-order valence-corrected chi connectivity index (χ0v) is 13.4. The number of ether oxygens (including phenoxy) is 2. The molecule has 6 nitrogen and oxygen atoms in total. The summed E-state index contributed by atoms with van der Waals surface area (Å²) >= 11 is 0. The van der Waals surface area contributed by atoms with Gasteiger partial charge in [0, 0.05) is 26.4 Å². The Morgan fingerprint density at radius 3 is 2.52 bits per heavy atom. The first-order chi connectivity index (χ1) is 11.1. The van der Waals surface area contributed by atoms with Crippen molar-refractivity contribution in [3.63, 3.8) is 0 Å². The van der Waals surface area contributed by atoms with Crippen molar-refractivity contribution in [2.24, 2.45) is 11.1 Å². The molecule has 1 aliphatic rings. The van der Waals surface area contributed by atoms with Gasteiger partial charge in [-0.3, -0.25) is 9.59 Å². The molecule has 0 bridgehead atoms. The molecule has 0 aromatic heterocycles.